The number of aromatic nitrogens is 2. The van der Waals surface area contributed by atoms with Crippen LogP contribution in [0.15, 0.2) is 58.1 Å². The minimum atomic E-state index is -3.83. The van der Waals surface area contributed by atoms with Crippen molar-refractivity contribution in [2.75, 3.05) is 4.31 Å². The van der Waals surface area contributed by atoms with Gasteiger partial charge in [0.2, 0.25) is 5.82 Å². The van der Waals surface area contributed by atoms with E-state index in [1.54, 1.807) is 55.5 Å². The second kappa shape index (κ2) is 6.85. The van der Waals surface area contributed by atoms with Crippen molar-refractivity contribution in [2.24, 2.45) is 0 Å². The molecule has 0 radical (unpaired) electrons. The lowest BCUT2D eigenvalue weighted by atomic mass is 10.2. The van der Waals surface area contributed by atoms with E-state index in [1.807, 2.05) is 6.92 Å². The summed E-state index contributed by atoms with van der Waals surface area (Å²) >= 11 is 5.90. The smallest absolute Gasteiger partial charge is 0.242 e. The summed E-state index contributed by atoms with van der Waals surface area (Å²) < 4.78 is 32.2. The molecule has 0 fully saturated rings. The van der Waals surface area contributed by atoms with E-state index >= 15 is 0 Å². The van der Waals surface area contributed by atoms with Crippen molar-refractivity contribution < 1.29 is 13.0 Å². The number of hydrogen-bond donors (Lipinski definition) is 0. The van der Waals surface area contributed by atoms with E-state index in [9.17, 15) is 8.42 Å². The van der Waals surface area contributed by atoms with Crippen molar-refractivity contribution in [3.63, 3.8) is 0 Å². The van der Waals surface area contributed by atoms with Crippen LogP contribution in [0.2, 0.25) is 5.02 Å². The van der Waals surface area contributed by atoms with Gasteiger partial charge in [0.25, 0.3) is 10.0 Å². The highest BCUT2D eigenvalue weighted by atomic mass is 35.5. The van der Waals surface area contributed by atoms with Crippen LogP contribution in [0.4, 0.5) is 5.82 Å². The lowest BCUT2D eigenvalue weighted by Crippen LogP contribution is -2.31. The third-order valence-electron chi connectivity index (χ3n) is 3.71. The van der Waals surface area contributed by atoms with Crippen LogP contribution in [-0.4, -0.2) is 18.7 Å². The van der Waals surface area contributed by atoms with Crippen LogP contribution in [0, 0.1) is 13.8 Å². The molecular formula is C17H16ClN3O3S. The fraction of sp³-hybridized carbons (Fsp3) is 0.176. The van der Waals surface area contributed by atoms with Gasteiger partial charge in [-0.25, -0.2) is 17.4 Å². The number of halogens is 1. The van der Waals surface area contributed by atoms with E-state index in [4.69, 9.17) is 16.2 Å². The molecule has 8 heteroatoms. The van der Waals surface area contributed by atoms with Crippen molar-refractivity contribution in [2.45, 2.75) is 25.3 Å². The summed E-state index contributed by atoms with van der Waals surface area (Å²) in [5, 5.41) is 8.05. The van der Waals surface area contributed by atoms with Crippen molar-refractivity contribution in [3.05, 3.63) is 70.4 Å². The van der Waals surface area contributed by atoms with Gasteiger partial charge in [0, 0.05) is 5.02 Å². The Labute approximate surface area is 151 Å². The van der Waals surface area contributed by atoms with E-state index in [0.29, 0.717) is 10.7 Å². The standard InChI is InChI=1S/C17H16ClN3O3S/c1-12-3-9-16(10-4-12)25(22,23)21(17-13(2)19-24-20-17)11-14-5-7-15(18)8-6-14/h3-10H,11H2,1-2H3. The number of benzene rings is 2. The molecule has 0 unspecified atom stereocenters. The van der Waals surface area contributed by atoms with Crippen LogP contribution in [0.25, 0.3) is 0 Å². The number of rotatable bonds is 5. The maximum atomic E-state index is 13.2. The highest BCUT2D eigenvalue weighted by molar-refractivity contribution is 7.92. The molecule has 0 amide bonds. The molecule has 2 aromatic carbocycles. The quantitative estimate of drug-likeness (QED) is 0.677. The summed E-state index contributed by atoms with van der Waals surface area (Å²) in [6, 6.07) is 13.6. The van der Waals surface area contributed by atoms with Crippen molar-refractivity contribution in [1.82, 2.24) is 10.3 Å². The Kier molecular flexibility index (Phi) is 4.78. The number of sulfonamides is 1. The summed E-state index contributed by atoms with van der Waals surface area (Å²) in [4.78, 5) is 0.175. The van der Waals surface area contributed by atoms with Gasteiger partial charge in [0.05, 0.1) is 11.4 Å². The molecule has 0 N–H and O–H groups in total. The fourth-order valence-corrected chi connectivity index (χ4v) is 3.89. The number of hydrogen-bond acceptors (Lipinski definition) is 5. The first-order valence-corrected chi connectivity index (χ1v) is 9.33. The first-order valence-electron chi connectivity index (χ1n) is 7.51. The Hall–Kier alpha value is -2.38. The first-order chi connectivity index (χ1) is 11.9. The molecule has 0 saturated heterocycles. The molecule has 0 spiro atoms. The maximum Gasteiger partial charge on any atom is 0.265 e. The van der Waals surface area contributed by atoms with Gasteiger partial charge in [-0.2, -0.15) is 0 Å². The second-order valence-electron chi connectivity index (χ2n) is 5.62. The maximum absolute atomic E-state index is 13.2. The highest BCUT2D eigenvalue weighted by Gasteiger charge is 2.29. The fourth-order valence-electron chi connectivity index (χ4n) is 2.32. The van der Waals surface area contributed by atoms with Crippen LogP contribution in [0.5, 0.6) is 0 Å². The molecule has 3 aromatic rings. The summed E-state index contributed by atoms with van der Waals surface area (Å²) in [6.07, 6.45) is 0. The lowest BCUT2D eigenvalue weighted by Gasteiger charge is -2.22. The van der Waals surface area contributed by atoms with Crippen LogP contribution >= 0.6 is 11.6 Å². The van der Waals surface area contributed by atoms with E-state index in [1.165, 1.54) is 4.31 Å². The van der Waals surface area contributed by atoms with Crippen molar-refractivity contribution in [3.8, 4) is 0 Å². The summed E-state index contributed by atoms with van der Waals surface area (Å²) in [5.74, 6) is 0.163. The topological polar surface area (TPSA) is 76.3 Å². The van der Waals surface area contributed by atoms with Crippen LogP contribution < -0.4 is 4.31 Å². The normalized spacial score (nSPS) is 11.5. The van der Waals surface area contributed by atoms with Crippen molar-refractivity contribution in [1.29, 1.82) is 0 Å². The predicted molar refractivity (Wildman–Crippen MR) is 95.0 cm³/mol. The molecule has 0 atom stereocenters. The molecule has 0 aliphatic heterocycles. The molecule has 3 rings (SSSR count). The summed E-state index contributed by atoms with van der Waals surface area (Å²) in [5.41, 5.74) is 2.13. The molecule has 1 aromatic heterocycles. The first kappa shape index (κ1) is 17.4. The van der Waals surface area contributed by atoms with Crippen LogP contribution in [0.1, 0.15) is 16.8 Å². The van der Waals surface area contributed by atoms with Gasteiger partial charge in [-0.15, -0.1) is 0 Å². The Balaban J connectivity index is 2.06. The zero-order valence-corrected chi connectivity index (χ0v) is 15.3. The predicted octanol–water partition coefficient (Wildman–Crippen LogP) is 3.74. The van der Waals surface area contributed by atoms with Gasteiger partial charge in [-0.1, -0.05) is 46.6 Å². The van der Waals surface area contributed by atoms with E-state index in [2.05, 4.69) is 10.3 Å². The molecule has 25 heavy (non-hydrogen) atoms. The molecule has 0 bridgehead atoms. The van der Waals surface area contributed by atoms with E-state index < -0.39 is 10.0 Å². The Morgan fingerprint density at radius 3 is 2.20 bits per heavy atom. The number of aryl methyl sites for hydroxylation is 2. The Bertz CT molecular complexity index is 967. The van der Waals surface area contributed by atoms with Gasteiger partial charge in [0.15, 0.2) is 0 Å². The number of nitrogens with zero attached hydrogens (tertiary/aromatic N) is 3. The second-order valence-corrected chi connectivity index (χ2v) is 7.92. The van der Waals surface area contributed by atoms with Crippen molar-refractivity contribution >= 4 is 27.4 Å². The molecule has 130 valence electrons. The monoisotopic (exact) mass is 377 g/mol. The average molecular weight is 378 g/mol. The van der Waals surface area contributed by atoms with Crippen LogP contribution in [-0.2, 0) is 16.6 Å². The highest BCUT2D eigenvalue weighted by Crippen LogP contribution is 2.27. The molecule has 0 aliphatic carbocycles. The largest absolute Gasteiger partial charge is 0.265 e. The van der Waals surface area contributed by atoms with Crippen LogP contribution in [0.3, 0.4) is 0 Å². The number of anilines is 1. The Morgan fingerprint density at radius 1 is 1.00 bits per heavy atom. The molecule has 1 heterocycles. The van der Waals surface area contributed by atoms with E-state index in [0.717, 1.165) is 11.1 Å². The minimum Gasteiger partial charge on any atom is -0.242 e. The van der Waals surface area contributed by atoms with E-state index in [-0.39, 0.29) is 17.3 Å². The lowest BCUT2D eigenvalue weighted by molar-refractivity contribution is 0.305. The summed E-state index contributed by atoms with van der Waals surface area (Å²) in [7, 11) is -3.83. The third kappa shape index (κ3) is 3.67. The van der Waals surface area contributed by atoms with Gasteiger partial charge in [-0.05, 0) is 48.8 Å². The molecule has 0 saturated carbocycles. The summed E-state index contributed by atoms with van der Waals surface area (Å²) in [6.45, 7) is 3.63. The zero-order chi connectivity index (χ0) is 18.0. The third-order valence-corrected chi connectivity index (χ3v) is 5.72. The minimum absolute atomic E-state index is 0.0857. The van der Waals surface area contributed by atoms with Gasteiger partial charge < -0.3 is 0 Å². The van der Waals surface area contributed by atoms with Gasteiger partial charge >= 0.3 is 0 Å². The molecular weight excluding hydrogens is 362 g/mol. The Morgan fingerprint density at radius 2 is 1.64 bits per heavy atom. The van der Waals surface area contributed by atoms with Gasteiger partial charge in [-0.3, -0.25) is 0 Å². The average Bonchev–Trinajstić information content (AvgIpc) is 3.00. The van der Waals surface area contributed by atoms with Gasteiger partial charge in [0.1, 0.15) is 5.69 Å². The molecule has 6 nitrogen and oxygen atoms in total. The SMILES string of the molecule is Cc1ccc(S(=O)(=O)N(Cc2ccc(Cl)cc2)c2nonc2C)cc1. The molecule has 0 aliphatic rings. The zero-order valence-electron chi connectivity index (χ0n) is 13.7.